The summed E-state index contributed by atoms with van der Waals surface area (Å²) in [6, 6.07) is 12.3. The molecule has 0 saturated heterocycles. The Morgan fingerprint density at radius 2 is 1.97 bits per heavy atom. The fourth-order valence-corrected chi connectivity index (χ4v) is 3.71. The number of rotatable bonds is 10. The van der Waals surface area contributed by atoms with E-state index in [4.69, 9.17) is 4.74 Å². The van der Waals surface area contributed by atoms with Crippen molar-refractivity contribution in [3.63, 3.8) is 0 Å². The number of aryl methyl sites for hydroxylation is 2. The van der Waals surface area contributed by atoms with E-state index >= 15 is 0 Å². The van der Waals surface area contributed by atoms with Crippen molar-refractivity contribution < 1.29 is 14.6 Å². The van der Waals surface area contributed by atoms with Crippen LogP contribution in [0.5, 0.6) is 0 Å². The summed E-state index contributed by atoms with van der Waals surface area (Å²) in [4.78, 5) is 11.6. The molecule has 0 spiro atoms. The van der Waals surface area contributed by atoms with E-state index in [1.165, 1.54) is 11.1 Å². The number of nitrogens with zero attached hydrogens (tertiary/aromatic N) is 1. The molecule has 5 nitrogen and oxygen atoms in total. The van der Waals surface area contributed by atoms with Crippen LogP contribution >= 0.6 is 0 Å². The van der Waals surface area contributed by atoms with Gasteiger partial charge in [0.05, 0.1) is 23.8 Å². The molecule has 5 heteroatoms. The van der Waals surface area contributed by atoms with Crippen LogP contribution in [0.1, 0.15) is 58.8 Å². The second-order valence-electron chi connectivity index (χ2n) is 8.21. The number of hydrogen-bond donors (Lipinski definition) is 2. The van der Waals surface area contributed by atoms with Crippen molar-refractivity contribution >= 4 is 5.97 Å². The zero-order valence-electron chi connectivity index (χ0n) is 19.0. The Balaban J connectivity index is 2.29. The molecule has 0 fully saturated rings. The molecule has 0 aromatic heterocycles. The van der Waals surface area contributed by atoms with Gasteiger partial charge >= 0.3 is 5.97 Å². The number of nitrogens with one attached hydrogen (secondary N) is 1. The molecular weight excluding hydrogens is 388 g/mol. The molecule has 0 bridgehead atoms. The molecule has 2 aromatic carbocycles. The van der Waals surface area contributed by atoms with E-state index in [0.29, 0.717) is 12.1 Å². The first-order valence-electron chi connectivity index (χ1n) is 10.5. The first-order chi connectivity index (χ1) is 14.7. The third-order valence-electron chi connectivity index (χ3n) is 5.34. The Morgan fingerprint density at radius 3 is 2.52 bits per heavy atom. The van der Waals surface area contributed by atoms with Crippen LogP contribution in [0.15, 0.2) is 43.0 Å². The second kappa shape index (κ2) is 10.9. The van der Waals surface area contributed by atoms with Gasteiger partial charge in [0.1, 0.15) is 0 Å². The van der Waals surface area contributed by atoms with E-state index in [2.05, 4.69) is 50.0 Å². The highest BCUT2D eigenvalue weighted by Crippen LogP contribution is 2.23. The SMILES string of the molecule is C=CC(NCc1cc(CC(OC(C)C)C(=O)O)cc(C#N)c1C)c1ccc(C)cc1C. The molecule has 0 heterocycles. The number of carboxylic acid groups (broad SMARTS) is 1. The van der Waals surface area contributed by atoms with Crippen LogP contribution in [0, 0.1) is 32.1 Å². The van der Waals surface area contributed by atoms with Gasteiger partial charge in [-0.2, -0.15) is 5.26 Å². The molecule has 2 N–H and O–H groups in total. The average Bonchev–Trinajstić information content (AvgIpc) is 2.70. The number of ether oxygens (including phenoxy) is 1. The van der Waals surface area contributed by atoms with E-state index in [0.717, 1.165) is 22.3 Å². The lowest BCUT2D eigenvalue weighted by Gasteiger charge is -2.20. The highest BCUT2D eigenvalue weighted by Gasteiger charge is 2.21. The molecule has 0 aliphatic rings. The topological polar surface area (TPSA) is 82.3 Å². The fraction of sp³-hybridized carbons (Fsp3) is 0.385. The monoisotopic (exact) mass is 420 g/mol. The molecule has 2 unspecified atom stereocenters. The number of nitriles is 1. The second-order valence-corrected chi connectivity index (χ2v) is 8.21. The average molecular weight is 421 g/mol. The van der Waals surface area contributed by atoms with Crippen LogP contribution in [-0.4, -0.2) is 23.3 Å². The van der Waals surface area contributed by atoms with Crippen molar-refractivity contribution in [2.75, 3.05) is 0 Å². The Kier molecular flexibility index (Phi) is 8.56. The first kappa shape index (κ1) is 24.3. The summed E-state index contributed by atoms with van der Waals surface area (Å²) in [5.41, 5.74) is 6.72. The summed E-state index contributed by atoms with van der Waals surface area (Å²) >= 11 is 0. The molecule has 2 aromatic rings. The van der Waals surface area contributed by atoms with Gasteiger partial charge in [-0.15, -0.1) is 6.58 Å². The maximum Gasteiger partial charge on any atom is 0.333 e. The molecule has 0 aliphatic heterocycles. The van der Waals surface area contributed by atoms with Crippen molar-refractivity contribution in [2.45, 2.75) is 65.8 Å². The van der Waals surface area contributed by atoms with Gasteiger partial charge in [0, 0.05) is 13.0 Å². The Bertz CT molecular complexity index is 989. The van der Waals surface area contributed by atoms with Crippen LogP contribution in [-0.2, 0) is 22.5 Å². The molecule has 0 saturated carbocycles. The summed E-state index contributed by atoms with van der Waals surface area (Å²) in [5, 5.41) is 22.6. The quantitative estimate of drug-likeness (QED) is 0.533. The van der Waals surface area contributed by atoms with Gasteiger partial charge in [-0.25, -0.2) is 4.79 Å². The minimum absolute atomic E-state index is 0.0368. The fourth-order valence-electron chi connectivity index (χ4n) is 3.71. The van der Waals surface area contributed by atoms with E-state index < -0.39 is 12.1 Å². The molecule has 2 atom stereocenters. The van der Waals surface area contributed by atoms with E-state index in [9.17, 15) is 15.2 Å². The van der Waals surface area contributed by atoms with E-state index in [1.807, 2.05) is 32.9 Å². The maximum atomic E-state index is 11.6. The smallest absolute Gasteiger partial charge is 0.333 e. The first-order valence-corrected chi connectivity index (χ1v) is 10.5. The van der Waals surface area contributed by atoms with Gasteiger partial charge in [-0.1, -0.05) is 35.9 Å². The summed E-state index contributed by atoms with van der Waals surface area (Å²) in [6.45, 7) is 14.2. The lowest BCUT2D eigenvalue weighted by Crippen LogP contribution is -2.29. The summed E-state index contributed by atoms with van der Waals surface area (Å²) in [6.07, 6.45) is 0.927. The number of hydrogen-bond acceptors (Lipinski definition) is 4. The largest absolute Gasteiger partial charge is 0.479 e. The third kappa shape index (κ3) is 6.52. The van der Waals surface area contributed by atoms with Crippen LogP contribution in [0.25, 0.3) is 0 Å². The minimum atomic E-state index is -1.01. The predicted molar refractivity (Wildman–Crippen MR) is 123 cm³/mol. The van der Waals surface area contributed by atoms with E-state index in [-0.39, 0.29) is 18.6 Å². The number of aliphatic carboxylic acids is 1. The third-order valence-corrected chi connectivity index (χ3v) is 5.34. The minimum Gasteiger partial charge on any atom is -0.479 e. The predicted octanol–water partition coefficient (Wildman–Crippen LogP) is 4.92. The van der Waals surface area contributed by atoms with Crippen LogP contribution in [0.3, 0.4) is 0 Å². The van der Waals surface area contributed by atoms with Gasteiger partial charge in [-0.05, 0) is 68.5 Å². The highest BCUT2D eigenvalue weighted by atomic mass is 16.5. The van der Waals surface area contributed by atoms with Gasteiger partial charge in [0.2, 0.25) is 0 Å². The Morgan fingerprint density at radius 1 is 1.26 bits per heavy atom. The van der Waals surface area contributed by atoms with Crippen LogP contribution < -0.4 is 5.32 Å². The summed E-state index contributed by atoms with van der Waals surface area (Å²) in [5.74, 6) is -1.01. The molecule has 2 rings (SSSR count). The molecule has 0 amide bonds. The Labute approximate surface area is 185 Å². The molecule has 164 valence electrons. The van der Waals surface area contributed by atoms with Crippen molar-refractivity contribution in [2.24, 2.45) is 0 Å². The van der Waals surface area contributed by atoms with Gasteiger partial charge in [-0.3, -0.25) is 0 Å². The maximum absolute atomic E-state index is 11.6. The zero-order chi connectivity index (χ0) is 23.1. The number of carbonyl (C=O) groups is 1. The molecule has 0 radical (unpaired) electrons. The molecule has 0 aliphatic carbocycles. The van der Waals surface area contributed by atoms with Crippen LogP contribution in [0.4, 0.5) is 0 Å². The van der Waals surface area contributed by atoms with Crippen molar-refractivity contribution in [1.82, 2.24) is 5.32 Å². The van der Waals surface area contributed by atoms with Gasteiger partial charge in [0.15, 0.2) is 6.10 Å². The van der Waals surface area contributed by atoms with Gasteiger partial charge in [0.25, 0.3) is 0 Å². The number of carboxylic acids is 1. The lowest BCUT2D eigenvalue weighted by atomic mass is 9.95. The van der Waals surface area contributed by atoms with E-state index in [1.54, 1.807) is 6.07 Å². The number of benzene rings is 2. The summed E-state index contributed by atoms with van der Waals surface area (Å²) in [7, 11) is 0. The summed E-state index contributed by atoms with van der Waals surface area (Å²) < 4.78 is 5.54. The highest BCUT2D eigenvalue weighted by molar-refractivity contribution is 5.72. The van der Waals surface area contributed by atoms with Gasteiger partial charge < -0.3 is 15.2 Å². The Hall–Kier alpha value is -2.94. The van der Waals surface area contributed by atoms with Crippen molar-refractivity contribution in [1.29, 1.82) is 5.26 Å². The standard InChI is InChI=1S/C26H32N2O3/c1-7-24(23-9-8-17(4)10-18(23)5)28-15-22-12-20(11-21(14-27)19(22)6)13-25(26(29)30)31-16(2)3/h7-12,16,24-25,28H,1,13,15H2,2-6H3,(H,29,30). The normalized spacial score (nSPS) is 12.9. The zero-order valence-corrected chi connectivity index (χ0v) is 19.0. The molecular formula is C26H32N2O3. The molecule has 31 heavy (non-hydrogen) atoms. The van der Waals surface area contributed by atoms with Crippen molar-refractivity contribution in [3.05, 3.63) is 81.9 Å². The lowest BCUT2D eigenvalue weighted by molar-refractivity contribution is -0.153. The van der Waals surface area contributed by atoms with Crippen LogP contribution in [0.2, 0.25) is 0 Å². The van der Waals surface area contributed by atoms with Crippen molar-refractivity contribution in [3.8, 4) is 6.07 Å².